The molecule has 0 unspecified atom stereocenters. The van der Waals surface area contributed by atoms with Gasteiger partial charge in [0.1, 0.15) is 0 Å². The van der Waals surface area contributed by atoms with Crippen LogP contribution in [-0.2, 0) is 0 Å². The molecule has 0 atom stereocenters. The first kappa shape index (κ1) is 10.3. The van der Waals surface area contributed by atoms with Gasteiger partial charge in [-0.25, -0.2) is 0 Å². The molecular formula is C11H12ClN3S. The van der Waals surface area contributed by atoms with E-state index in [1.807, 2.05) is 30.1 Å². The maximum atomic E-state index is 6.12. The summed E-state index contributed by atoms with van der Waals surface area (Å²) < 4.78 is 0. The molecule has 5 heteroatoms. The zero-order valence-electron chi connectivity index (χ0n) is 8.74. The van der Waals surface area contributed by atoms with Gasteiger partial charge in [0.05, 0.1) is 11.7 Å². The topological polar surface area (TPSA) is 31.9 Å². The number of rotatable bonds is 1. The van der Waals surface area contributed by atoms with Gasteiger partial charge in [0, 0.05) is 40.7 Å². The van der Waals surface area contributed by atoms with E-state index in [0.29, 0.717) is 0 Å². The first-order chi connectivity index (χ1) is 7.84. The molecule has 2 heterocycles. The number of aromatic amines is 1. The molecule has 1 N–H and O–H groups in total. The van der Waals surface area contributed by atoms with Gasteiger partial charge in [-0.2, -0.15) is 16.9 Å². The first-order valence-electron chi connectivity index (χ1n) is 5.30. The highest BCUT2D eigenvalue weighted by Crippen LogP contribution is 2.30. The summed E-state index contributed by atoms with van der Waals surface area (Å²) in [7, 11) is 0. The summed E-state index contributed by atoms with van der Waals surface area (Å²) in [5, 5.41) is 8.99. The van der Waals surface area contributed by atoms with Crippen LogP contribution in [0, 0.1) is 0 Å². The van der Waals surface area contributed by atoms with Crippen molar-refractivity contribution in [1.29, 1.82) is 0 Å². The smallest absolute Gasteiger partial charge is 0.0686 e. The zero-order valence-corrected chi connectivity index (χ0v) is 10.3. The lowest BCUT2D eigenvalue weighted by molar-refractivity contribution is 0.863. The Labute approximate surface area is 103 Å². The van der Waals surface area contributed by atoms with Crippen molar-refractivity contribution in [3.8, 4) is 0 Å². The molecule has 1 saturated heterocycles. The highest BCUT2D eigenvalue weighted by atomic mass is 35.5. The minimum atomic E-state index is 0.768. The number of halogens is 1. The summed E-state index contributed by atoms with van der Waals surface area (Å²) in [5.41, 5.74) is 2.22. The van der Waals surface area contributed by atoms with Crippen LogP contribution < -0.4 is 4.90 Å². The van der Waals surface area contributed by atoms with Crippen LogP contribution in [0.1, 0.15) is 0 Å². The van der Waals surface area contributed by atoms with E-state index in [4.69, 9.17) is 11.6 Å². The molecule has 1 aromatic carbocycles. The molecule has 0 saturated carbocycles. The molecule has 2 aromatic rings. The number of hydrogen-bond acceptors (Lipinski definition) is 3. The Morgan fingerprint density at radius 1 is 1.31 bits per heavy atom. The van der Waals surface area contributed by atoms with E-state index in [2.05, 4.69) is 15.1 Å². The van der Waals surface area contributed by atoms with E-state index < -0.39 is 0 Å². The van der Waals surface area contributed by atoms with Gasteiger partial charge in [-0.1, -0.05) is 11.6 Å². The normalized spacial score (nSPS) is 16.9. The van der Waals surface area contributed by atoms with Gasteiger partial charge >= 0.3 is 0 Å². The van der Waals surface area contributed by atoms with Crippen molar-refractivity contribution < 1.29 is 0 Å². The van der Waals surface area contributed by atoms with Crippen molar-refractivity contribution in [2.45, 2.75) is 0 Å². The fraction of sp³-hybridized carbons (Fsp3) is 0.364. The SMILES string of the molecule is Clc1cc(N2CCSCC2)c2cn[nH]c2c1. The molecule has 1 aromatic heterocycles. The minimum absolute atomic E-state index is 0.768. The Balaban J connectivity index is 2.09. The number of aromatic nitrogens is 2. The quantitative estimate of drug-likeness (QED) is 0.848. The zero-order chi connectivity index (χ0) is 11.0. The third-order valence-corrected chi connectivity index (χ3v) is 4.01. The monoisotopic (exact) mass is 253 g/mol. The van der Waals surface area contributed by atoms with E-state index in [1.54, 1.807) is 0 Å². The molecule has 1 aliphatic rings. The molecule has 0 bridgehead atoms. The summed E-state index contributed by atoms with van der Waals surface area (Å²) in [6.45, 7) is 2.18. The number of nitrogens with zero attached hydrogens (tertiary/aromatic N) is 2. The Morgan fingerprint density at radius 3 is 2.94 bits per heavy atom. The Hall–Kier alpha value is -0.870. The molecule has 3 nitrogen and oxygen atoms in total. The number of H-pyrrole nitrogens is 1. The fourth-order valence-corrected chi connectivity index (χ4v) is 3.18. The second-order valence-corrected chi connectivity index (χ2v) is 5.52. The van der Waals surface area contributed by atoms with Crippen molar-refractivity contribution in [3.63, 3.8) is 0 Å². The van der Waals surface area contributed by atoms with E-state index in [1.165, 1.54) is 17.2 Å². The second-order valence-electron chi connectivity index (χ2n) is 3.86. The van der Waals surface area contributed by atoms with Crippen LogP contribution in [0.5, 0.6) is 0 Å². The number of anilines is 1. The first-order valence-corrected chi connectivity index (χ1v) is 6.83. The Kier molecular flexibility index (Phi) is 2.69. The highest BCUT2D eigenvalue weighted by molar-refractivity contribution is 7.99. The number of fused-ring (bicyclic) bond motifs is 1. The molecule has 16 heavy (non-hydrogen) atoms. The summed E-state index contributed by atoms with van der Waals surface area (Å²) in [4.78, 5) is 2.39. The van der Waals surface area contributed by atoms with Crippen molar-refractivity contribution >= 4 is 40.0 Å². The largest absolute Gasteiger partial charge is 0.369 e. The summed E-state index contributed by atoms with van der Waals surface area (Å²) in [6, 6.07) is 3.96. The third kappa shape index (κ3) is 1.76. The number of nitrogens with one attached hydrogen (secondary N) is 1. The van der Waals surface area contributed by atoms with Gasteiger partial charge in [-0.05, 0) is 12.1 Å². The van der Waals surface area contributed by atoms with Crippen molar-refractivity contribution in [2.24, 2.45) is 0 Å². The molecule has 0 spiro atoms. The van der Waals surface area contributed by atoms with E-state index >= 15 is 0 Å². The lowest BCUT2D eigenvalue weighted by Crippen LogP contribution is -2.32. The lowest BCUT2D eigenvalue weighted by atomic mass is 10.2. The van der Waals surface area contributed by atoms with Gasteiger partial charge in [-0.3, -0.25) is 5.10 Å². The van der Waals surface area contributed by atoms with Crippen molar-refractivity contribution in [2.75, 3.05) is 29.5 Å². The van der Waals surface area contributed by atoms with Crippen LogP contribution in [0.2, 0.25) is 5.02 Å². The average Bonchev–Trinajstić information content (AvgIpc) is 2.77. The Bertz CT molecular complexity index is 505. The fourth-order valence-electron chi connectivity index (χ4n) is 2.06. The number of thioether (sulfide) groups is 1. The van der Waals surface area contributed by atoms with Crippen LogP contribution in [0.25, 0.3) is 10.9 Å². The average molecular weight is 254 g/mol. The standard InChI is InChI=1S/C11H12ClN3S/c12-8-5-10-9(7-13-14-10)11(6-8)15-1-3-16-4-2-15/h5-7H,1-4H2,(H,13,14). The van der Waals surface area contributed by atoms with Crippen LogP contribution >= 0.6 is 23.4 Å². The molecule has 1 aliphatic heterocycles. The van der Waals surface area contributed by atoms with Gasteiger partial charge in [-0.15, -0.1) is 0 Å². The lowest BCUT2D eigenvalue weighted by Gasteiger charge is -2.29. The molecule has 0 aliphatic carbocycles. The molecule has 3 rings (SSSR count). The highest BCUT2D eigenvalue weighted by Gasteiger charge is 2.15. The summed E-state index contributed by atoms with van der Waals surface area (Å²) in [5.74, 6) is 2.37. The minimum Gasteiger partial charge on any atom is -0.369 e. The van der Waals surface area contributed by atoms with E-state index in [-0.39, 0.29) is 0 Å². The molecule has 84 valence electrons. The summed E-state index contributed by atoms with van der Waals surface area (Å²) in [6.07, 6.45) is 1.88. The van der Waals surface area contributed by atoms with Crippen LogP contribution in [0.4, 0.5) is 5.69 Å². The van der Waals surface area contributed by atoms with E-state index in [9.17, 15) is 0 Å². The Morgan fingerprint density at radius 2 is 2.12 bits per heavy atom. The molecule has 1 fully saturated rings. The number of hydrogen-bond donors (Lipinski definition) is 1. The van der Waals surface area contributed by atoms with Gasteiger partial charge in [0.15, 0.2) is 0 Å². The van der Waals surface area contributed by atoms with Crippen molar-refractivity contribution in [3.05, 3.63) is 23.4 Å². The molecular weight excluding hydrogens is 242 g/mol. The predicted octanol–water partition coefficient (Wildman–Crippen LogP) is 2.77. The maximum Gasteiger partial charge on any atom is 0.0686 e. The molecule has 0 radical (unpaired) electrons. The van der Waals surface area contributed by atoms with Crippen LogP contribution in [0.3, 0.4) is 0 Å². The maximum absolute atomic E-state index is 6.12. The van der Waals surface area contributed by atoms with Gasteiger partial charge in [0.25, 0.3) is 0 Å². The second kappa shape index (κ2) is 4.18. The van der Waals surface area contributed by atoms with Crippen molar-refractivity contribution in [1.82, 2.24) is 10.2 Å². The van der Waals surface area contributed by atoms with Crippen LogP contribution in [-0.4, -0.2) is 34.8 Å². The number of benzene rings is 1. The van der Waals surface area contributed by atoms with Crippen LogP contribution in [0.15, 0.2) is 18.3 Å². The third-order valence-electron chi connectivity index (χ3n) is 2.85. The molecule has 0 amide bonds. The predicted molar refractivity (Wildman–Crippen MR) is 70.6 cm³/mol. The summed E-state index contributed by atoms with van der Waals surface area (Å²) >= 11 is 8.13. The van der Waals surface area contributed by atoms with Gasteiger partial charge < -0.3 is 4.90 Å². The van der Waals surface area contributed by atoms with Gasteiger partial charge in [0.2, 0.25) is 0 Å². The van der Waals surface area contributed by atoms with E-state index in [0.717, 1.165) is 29.0 Å².